The molecule has 1 fully saturated rings. The van der Waals surface area contributed by atoms with Crippen LogP contribution in [0.4, 0.5) is 4.39 Å². The Morgan fingerprint density at radius 2 is 2.09 bits per heavy atom. The maximum Gasteiger partial charge on any atom is 0.231 e. The maximum atomic E-state index is 14.1. The molecule has 0 bridgehead atoms. The summed E-state index contributed by atoms with van der Waals surface area (Å²) in [5, 5.41) is 0. The summed E-state index contributed by atoms with van der Waals surface area (Å²) in [4.78, 5) is 22.0. The fourth-order valence-corrected chi connectivity index (χ4v) is 3.15. The van der Waals surface area contributed by atoms with Gasteiger partial charge in [0.2, 0.25) is 5.91 Å². The summed E-state index contributed by atoms with van der Waals surface area (Å²) >= 11 is 0. The first-order chi connectivity index (χ1) is 11.1. The number of halogens is 1. The number of hydrogen-bond acceptors (Lipinski definition) is 4. The lowest BCUT2D eigenvalue weighted by Gasteiger charge is -2.32. The third-order valence-electron chi connectivity index (χ3n) is 4.13. The number of benzene rings is 1. The zero-order chi connectivity index (χ0) is 16.2. The van der Waals surface area contributed by atoms with Gasteiger partial charge >= 0.3 is 0 Å². The van der Waals surface area contributed by atoms with Crippen LogP contribution in [0, 0.1) is 5.82 Å². The van der Waals surface area contributed by atoms with Crippen molar-refractivity contribution in [2.45, 2.75) is 18.8 Å². The number of carbonyl (C=O) groups is 1. The first kappa shape index (κ1) is 15.6. The van der Waals surface area contributed by atoms with E-state index in [-0.39, 0.29) is 24.2 Å². The van der Waals surface area contributed by atoms with E-state index < -0.39 is 0 Å². The molecule has 0 saturated carbocycles. The average molecular weight is 314 g/mol. The lowest BCUT2D eigenvalue weighted by molar-refractivity contribution is -0.119. The Hall–Kier alpha value is -2.34. The minimum Gasteiger partial charge on any atom is -0.369 e. The fraction of sp³-hybridized carbons (Fsp3) is 0.353. The van der Waals surface area contributed by atoms with Crippen LogP contribution in [-0.4, -0.2) is 40.4 Å². The second kappa shape index (κ2) is 6.83. The molecule has 1 aliphatic rings. The van der Waals surface area contributed by atoms with Gasteiger partial charge in [-0.2, -0.15) is 0 Å². The van der Waals surface area contributed by atoms with Crippen LogP contribution in [-0.2, 0) is 4.79 Å². The summed E-state index contributed by atoms with van der Waals surface area (Å²) in [6.45, 7) is 1.77. The van der Waals surface area contributed by atoms with E-state index in [1.807, 2.05) is 4.90 Å². The molecule has 1 atom stereocenters. The smallest absolute Gasteiger partial charge is 0.231 e. The van der Waals surface area contributed by atoms with Crippen LogP contribution in [0.2, 0.25) is 0 Å². The molecule has 0 unspecified atom stereocenters. The normalized spacial score (nSPS) is 18.7. The molecule has 1 aromatic heterocycles. The molecule has 2 N–H and O–H groups in total. The predicted molar refractivity (Wildman–Crippen MR) is 85.0 cm³/mol. The number of nitrogens with zero attached hydrogens (tertiary/aromatic N) is 3. The molecule has 0 spiro atoms. The quantitative estimate of drug-likeness (QED) is 0.936. The Morgan fingerprint density at radius 3 is 2.87 bits per heavy atom. The standard InChI is InChI=1S/C17H19FN4O/c18-14-6-2-1-5-13(14)17-16(20-7-8-21-17)12-4-3-9-22(10-12)11-15(19)23/h1-2,5-8,12H,3-4,9-11H2,(H2,19,23)/t12-/m1/s1. The third-order valence-corrected chi connectivity index (χ3v) is 4.13. The van der Waals surface area contributed by atoms with Gasteiger partial charge in [0.15, 0.2) is 0 Å². The highest BCUT2D eigenvalue weighted by Crippen LogP contribution is 2.32. The SMILES string of the molecule is NC(=O)CN1CCC[C@@H](c2nccnc2-c2ccccc2F)C1. The van der Waals surface area contributed by atoms with E-state index in [0.29, 0.717) is 17.8 Å². The lowest BCUT2D eigenvalue weighted by atomic mass is 9.91. The van der Waals surface area contributed by atoms with Crippen molar-refractivity contribution in [2.75, 3.05) is 19.6 Å². The van der Waals surface area contributed by atoms with Gasteiger partial charge in [0.05, 0.1) is 17.9 Å². The van der Waals surface area contributed by atoms with Crippen LogP contribution >= 0.6 is 0 Å². The van der Waals surface area contributed by atoms with Gasteiger partial charge in [0.25, 0.3) is 0 Å². The monoisotopic (exact) mass is 314 g/mol. The van der Waals surface area contributed by atoms with Crippen molar-refractivity contribution in [1.82, 2.24) is 14.9 Å². The largest absolute Gasteiger partial charge is 0.369 e. The number of amides is 1. The average Bonchev–Trinajstić information content (AvgIpc) is 2.55. The number of nitrogens with two attached hydrogens (primary N) is 1. The molecule has 23 heavy (non-hydrogen) atoms. The molecular weight excluding hydrogens is 295 g/mol. The number of likely N-dealkylation sites (tertiary alicyclic amines) is 1. The number of hydrogen-bond donors (Lipinski definition) is 1. The number of carbonyl (C=O) groups excluding carboxylic acids is 1. The van der Waals surface area contributed by atoms with E-state index in [1.165, 1.54) is 6.07 Å². The molecule has 0 radical (unpaired) electrons. The topological polar surface area (TPSA) is 72.1 Å². The Morgan fingerprint density at radius 1 is 1.30 bits per heavy atom. The summed E-state index contributed by atoms with van der Waals surface area (Å²) in [5.41, 5.74) is 7.12. The minimum absolute atomic E-state index is 0.117. The van der Waals surface area contributed by atoms with Crippen LogP contribution in [0.3, 0.4) is 0 Å². The van der Waals surface area contributed by atoms with E-state index >= 15 is 0 Å². The highest BCUT2D eigenvalue weighted by molar-refractivity contribution is 5.76. The van der Waals surface area contributed by atoms with Crippen LogP contribution in [0.1, 0.15) is 24.5 Å². The summed E-state index contributed by atoms with van der Waals surface area (Å²) in [6, 6.07) is 6.59. The van der Waals surface area contributed by atoms with Gasteiger partial charge in [0.1, 0.15) is 5.82 Å². The van der Waals surface area contributed by atoms with Gasteiger partial charge in [-0.05, 0) is 31.5 Å². The summed E-state index contributed by atoms with van der Waals surface area (Å²) in [6.07, 6.45) is 5.10. The first-order valence-corrected chi connectivity index (χ1v) is 7.71. The van der Waals surface area contributed by atoms with Crippen LogP contribution in [0.25, 0.3) is 11.3 Å². The zero-order valence-electron chi connectivity index (χ0n) is 12.8. The summed E-state index contributed by atoms with van der Waals surface area (Å²) < 4.78 is 14.1. The number of rotatable bonds is 4. The molecule has 1 aliphatic heterocycles. The minimum atomic E-state index is -0.334. The van der Waals surface area contributed by atoms with Gasteiger partial charge in [-0.3, -0.25) is 19.7 Å². The second-order valence-corrected chi connectivity index (χ2v) is 5.81. The fourth-order valence-electron chi connectivity index (χ4n) is 3.15. The van der Waals surface area contributed by atoms with Crippen molar-refractivity contribution >= 4 is 5.91 Å². The molecule has 1 aromatic carbocycles. The van der Waals surface area contributed by atoms with E-state index in [9.17, 15) is 9.18 Å². The summed E-state index contributed by atoms with van der Waals surface area (Å²) in [7, 11) is 0. The van der Waals surface area contributed by atoms with Crippen molar-refractivity contribution in [3.63, 3.8) is 0 Å². The van der Waals surface area contributed by atoms with E-state index in [4.69, 9.17) is 5.73 Å². The van der Waals surface area contributed by atoms with Gasteiger partial charge < -0.3 is 5.73 Å². The number of primary amides is 1. The van der Waals surface area contributed by atoms with Crippen molar-refractivity contribution in [2.24, 2.45) is 5.73 Å². The predicted octanol–water partition coefficient (Wildman–Crippen LogP) is 1.95. The summed E-state index contributed by atoms with van der Waals surface area (Å²) in [5.74, 6) is -0.524. The molecule has 120 valence electrons. The van der Waals surface area contributed by atoms with Crippen LogP contribution < -0.4 is 5.73 Å². The maximum absolute atomic E-state index is 14.1. The first-order valence-electron chi connectivity index (χ1n) is 7.71. The lowest BCUT2D eigenvalue weighted by Crippen LogP contribution is -2.40. The molecule has 6 heteroatoms. The van der Waals surface area contributed by atoms with E-state index in [0.717, 1.165) is 25.1 Å². The van der Waals surface area contributed by atoms with Crippen molar-refractivity contribution in [1.29, 1.82) is 0 Å². The Labute approximate surface area is 134 Å². The van der Waals surface area contributed by atoms with E-state index in [2.05, 4.69) is 9.97 Å². The molecule has 1 saturated heterocycles. The molecule has 2 aromatic rings. The van der Waals surface area contributed by atoms with Crippen LogP contribution in [0.5, 0.6) is 0 Å². The Balaban J connectivity index is 1.91. The molecule has 5 nitrogen and oxygen atoms in total. The van der Waals surface area contributed by atoms with Crippen molar-refractivity contribution in [3.05, 3.63) is 48.2 Å². The molecule has 1 amide bonds. The highest BCUT2D eigenvalue weighted by atomic mass is 19.1. The third kappa shape index (κ3) is 3.53. The molecular formula is C17H19FN4O. The van der Waals surface area contributed by atoms with Gasteiger partial charge in [-0.25, -0.2) is 4.39 Å². The highest BCUT2D eigenvalue weighted by Gasteiger charge is 2.26. The van der Waals surface area contributed by atoms with Gasteiger partial charge in [0, 0.05) is 30.4 Å². The Kier molecular flexibility index (Phi) is 4.62. The van der Waals surface area contributed by atoms with Crippen molar-refractivity contribution < 1.29 is 9.18 Å². The van der Waals surface area contributed by atoms with E-state index in [1.54, 1.807) is 30.6 Å². The second-order valence-electron chi connectivity index (χ2n) is 5.81. The van der Waals surface area contributed by atoms with Gasteiger partial charge in [-0.1, -0.05) is 12.1 Å². The zero-order valence-corrected chi connectivity index (χ0v) is 12.8. The number of piperidine rings is 1. The molecule has 2 heterocycles. The Bertz CT molecular complexity index is 706. The molecule has 3 rings (SSSR count). The van der Waals surface area contributed by atoms with Gasteiger partial charge in [-0.15, -0.1) is 0 Å². The molecule has 0 aliphatic carbocycles. The number of aromatic nitrogens is 2. The van der Waals surface area contributed by atoms with Crippen LogP contribution in [0.15, 0.2) is 36.7 Å². The van der Waals surface area contributed by atoms with Crippen molar-refractivity contribution in [3.8, 4) is 11.3 Å².